The summed E-state index contributed by atoms with van der Waals surface area (Å²) >= 11 is 0. The number of benzene rings is 3. The number of hydrogen-bond donors (Lipinski definition) is 0. The number of sulfonamides is 1. The number of likely N-dealkylation sites (N-methyl/N-ethyl adjacent to an activating group) is 1. The van der Waals surface area contributed by atoms with Crippen molar-refractivity contribution in [2.45, 2.75) is 24.9 Å². The predicted octanol–water partition coefficient (Wildman–Crippen LogP) is 4.07. The standard InChI is InChI=1S/C24H25FN2O3S/c1-2-27(31(29,30)23-15-13-22(25)14-16-23)19-24(28)26(17-20-9-5-3-6-10-20)18-21-11-7-4-8-12-21/h3-16H,2,17-19H2,1H3. The minimum Gasteiger partial charge on any atom is -0.333 e. The Bertz CT molecular complexity index is 1050. The van der Waals surface area contributed by atoms with E-state index < -0.39 is 15.8 Å². The van der Waals surface area contributed by atoms with Crippen LogP contribution in [0.1, 0.15) is 18.1 Å². The van der Waals surface area contributed by atoms with Gasteiger partial charge in [0.1, 0.15) is 5.82 Å². The van der Waals surface area contributed by atoms with Crippen molar-refractivity contribution < 1.29 is 17.6 Å². The van der Waals surface area contributed by atoms with Gasteiger partial charge in [0.25, 0.3) is 0 Å². The Morgan fingerprint density at radius 2 is 1.29 bits per heavy atom. The van der Waals surface area contributed by atoms with E-state index >= 15 is 0 Å². The monoisotopic (exact) mass is 440 g/mol. The maximum atomic E-state index is 13.2. The normalized spacial score (nSPS) is 11.5. The molecule has 0 bridgehead atoms. The summed E-state index contributed by atoms with van der Waals surface area (Å²) in [5, 5.41) is 0. The first-order valence-electron chi connectivity index (χ1n) is 10.0. The van der Waals surface area contributed by atoms with Gasteiger partial charge in [-0.1, -0.05) is 67.6 Å². The Balaban J connectivity index is 1.82. The summed E-state index contributed by atoms with van der Waals surface area (Å²) < 4.78 is 40.3. The smallest absolute Gasteiger partial charge is 0.243 e. The zero-order valence-electron chi connectivity index (χ0n) is 17.3. The van der Waals surface area contributed by atoms with Crippen LogP contribution in [0.3, 0.4) is 0 Å². The molecule has 0 aliphatic rings. The summed E-state index contributed by atoms with van der Waals surface area (Å²) in [4.78, 5) is 14.8. The van der Waals surface area contributed by atoms with Crippen LogP contribution in [0, 0.1) is 5.82 Å². The van der Waals surface area contributed by atoms with Gasteiger partial charge in [-0.2, -0.15) is 4.31 Å². The third-order valence-electron chi connectivity index (χ3n) is 4.90. The Kier molecular flexibility index (Phi) is 7.55. The molecular weight excluding hydrogens is 415 g/mol. The lowest BCUT2D eigenvalue weighted by Crippen LogP contribution is -2.42. The molecule has 0 aromatic heterocycles. The fourth-order valence-electron chi connectivity index (χ4n) is 3.21. The maximum Gasteiger partial charge on any atom is 0.243 e. The SMILES string of the molecule is CCN(CC(=O)N(Cc1ccccc1)Cc1ccccc1)S(=O)(=O)c1ccc(F)cc1. The number of amides is 1. The zero-order valence-corrected chi connectivity index (χ0v) is 18.1. The summed E-state index contributed by atoms with van der Waals surface area (Å²) in [5.74, 6) is -0.824. The lowest BCUT2D eigenvalue weighted by Gasteiger charge is -2.27. The molecule has 0 aliphatic carbocycles. The number of halogens is 1. The van der Waals surface area contributed by atoms with Crippen LogP contribution in [0.4, 0.5) is 4.39 Å². The van der Waals surface area contributed by atoms with Gasteiger partial charge in [0, 0.05) is 19.6 Å². The molecule has 0 aliphatic heterocycles. The molecule has 0 heterocycles. The van der Waals surface area contributed by atoms with Crippen LogP contribution in [0.2, 0.25) is 0 Å². The summed E-state index contributed by atoms with van der Waals surface area (Å²) in [7, 11) is -3.92. The van der Waals surface area contributed by atoms with Crippen molar-refractivity contribution in [3.05, 3.63) is 102 Å². The molecule has 3 rings (SSSR count). The van der Waals surface area contributed by atoms with Gasteiger partial charge >= 0.3 is 0 Å². The summed E-state index contributed by atoms with van der Waals surface area (Å²) in [6.07, 6.45) is 0. The molecule has 0 atom stereocenters. The molecule has 0 radical (unpaired) electrons. The van der Waals surface area contributed by atoms with Crippen molar-refractivity contribution in [1.29, 1.82) is 0 Å². The molecule has 0 saturated carbocycles. The van der Waals surface area contributed by atoms with E-state index in [1.165, 1.54) is 12.1 Å². The Labute approximate surface area is 182 Å². The fourth-order valence-corrected chi connectivity index (χ4v) is 4.61. The Hall–Kier alpha value is -3.03. The van der Waals surface area contributed by atoms with E-state index in [1.54, 1.807) is 11.8 Å². The minimum absolute atomic E-state index is 0.0405. The zero-order chi connectivity index (χ0) is 22.3. The topological polar surface area (TPSA) is 57.7 Å². The maximum absolute atomic E-state index is 13.2. The number of rotatable bonds is 9. The molecule has 0 unspecified atom stereocenters. The van der Waals surface area contributed by atoms with Gasteiger partial charge < -0.3 is 4.90 Å². The number of nitrogens with zero attached hydrogens (tertiary/aromatic N) is 2. The van der Waals surface area contributed by atoms with Crippen molar-refractivity contribution >= 4 is 15.9 Å². The van der Waals surface area contributed by atoms with Crippen LogP contribution in [-0.2, 0) is 27.9 Å². The van der Waals surface area contributed by atoms with E-state index in [-0.39, 0.29) is 23.9 Å². The van der Waals surface area contributed by atoms with E-state index in [0.29, 0.717) is 13.1 Å². The highest BCUT2D eigenvalue weighted by atomic mass is 32.2. The van der Waals surface area contributed by atoms with E-state index in [9.17, 15) is 17.6 Å². The molecule has 0 spiro atoms. The molecule has 3 aromatic carbocycles. The quantitative estimate of drug-likeness (QED) is 0.504. The molecular formula is C24H25FN2O3S. The summed E-state index contributed by atoms with van der Waals surface area (Å²) in [5.41, 5.74) is 1.91. The molecule has 0 N–H and O–H groups in total. The van der Waals surface area contributed by atoms with Gasteiger partial charge in [-0.15, -0.1) is 0 Å². The molecule has 7 heteroatoms. The predicted molar refractivity (Wildman–Crippen MR) is 118 cm³/mol. The van der Waals surface area contributed by atoms with Crippen LogP contribution in [0.25, 0.3) is 0 Å². The Morgan fingerprint density at radius 1 is 0.806 bits per heavy atom. The summed E-state index contributed by atoms with van der Waals surface area (Å²) in [6.45, 7) is 2.23. The van der Waals surface area contributed by atoms with Crippen molar-refractivity contribution in [2.75, 3.05) is 13.1 Å². The van der Waals surface area contributed by atoms with E-state index in [0.717, 1.165) is 27.6 Å². The van der Waals surface area contributed by atoms with Gasteiger partial charge in [-0.05, 0) is 35.4 Å². The number of carbonyl (C=O) groups is 1. The average molecular weight is 441 g/mol. The largest absolute Gasteiger partial charge is 0.333 e. The molecule has 162 valence electrons. The van der Waals surface area contributed by atoms with Crippen molar-refractivity contribution in [3.8, 4) is 0 Å². The molecule has 1 amide bonds. The van der Waals surface area contributed by atoms with Gasteiger partial charge in [0.2, 0.25) is 15.9 Å². The van der Waals surface area contributed by atoms with Gasteiger partial charge in [-0.25, -0.2) is 12.8 Å². The van der Waals surface area contributed by atoms with Crippen molar-refractivity contribution in [2.24, 2.45) is 0 Å². The van der Waals surface area contributed by atoms with Crippen molar-refractivity contribution in [3.63, 3.8) is 0 Å². The molecule has 0 saturated heterocycles. The first kappa shape index (κ1) is 22.7. The number of hydrogen-bond acceptors (Lipinski definition) is 3. The second kappa shape index (κ2) is 10.3. The minimum atomic E-state index is -3.92. The highest BCUT2D eigenvalue weighted by Gasteiger charge is 2.27. The highest BCUT2D eigenvalue weighted by molar-refractivity contribution is 7.89. The third kappa shape index (κ3) is 5.99. The second-order valence-corrected chi connectivity index (χ2v) is 9.04. The second-order valence-electron chi connectivity index (χ2n) is 7.11. The van der Waals surface area contributed by atoms with Crippen molar-refractivity contribution in [1.82, 2.24) is 9.21 Å². The average Bonchev–Trinajstić information content (AvgIpc) is 2.78. The fraction of sp³-hybridized carbons (Fsp3) is 0.208. The third-order valence-corrected chi connectivity index (χ3v) is 6.84. The van der Waals surface area contributed by atoms with Crippen LogP contribution in [-0.4, -0.2) is 36.6 Å². The van der Waals surface area contributed by atoms with Crippen LogP contribution in [0.15, 0.2) is 89.8 Å². The van der Waals surface area contributed by atoms with Crippen LogP contribution >= 0.6 is 0 Å². The molecule has 3 aromatic rings. The molecule has 5 nitrogen and oxygen atoms in total. The Morgan fingerprint density at radius 3 is 1.74 bits per heavy atom. The van der Waals surface area contributed by atoms with Gasteiger partial charge in [0.05, 0.1) is 11.4 Å². The van der Waals surface area contributed by atoms with Gasteiger partial charge in [0.15, 0.2) is 0 Å². The van der Waals surface area contributed by atoms with E-state index in [2.05, 4.69) is 0 Å². The lowest BCUT2D eigenvalue weighted by atomic mass is 10.1. The lowest BCUT2D eigenvalue weighted by molar-refractivity contribution is -0.132. The summed E-state index contributed by atoms with van der Waals surface area (Å²) in [6, 6.07) is 23.7. The number of carbonyl (C=O) groups excluding carboxylic acids is 1. The molecule has 31 heavy (non-hydrogen) atoms. The highest BCUT2D eigenvalue weighted by Crippen LogP contribution is 2.17. The van der Waals surface area contributed by atoms with Crippen LogP contribution in [0.5, 0.6) is 0 Å². The first-order valence-corrected chi connectivity index (χ1v) is 11.5. The first-order chi connectivity index (χ1) is 14.9. The van der Waals surface area contributed by atoms with Crippen LogP contribution < -0.4 is 0 Å². The van der Waals surface area contributed by atoms with E-state index in [1.807, 2.05) is 60.7 Å². The molecule has 0 fully saturated rings. The van der Waals surface area contributed by atoms with Gasteiger partial charge in [-0.3, -0.25) is 4.79 Å². The van der Waals surface area contributed by atoms with E-state index in [4.69, 9.17) is 0 Å².